The predicted octanol–water partition coefficient (Wildman–Crippen LogP) is 4.36. The van der Waals surface area contributed by atoms with E-state index in [-0.39, 0.29) is 24.2 Å². The molecule has 4 atom stereocenters. The Morgan fingerprint density at radius 1 is 0.938 bits per heavy atom. The lowest BCUT2D eigenvalue weighted by atomic mass is 9.82. The molecule has 32 heavy (non-hydrogen) atoms. The molecule has 0 aromatic heterocycles. The van der Waals surface area contributed by atoms with Crippen molar-refractivity contribution in [2.45, 2.75) is 129 Å². The van der Waals surface area contributed by atoms with Crippen molar-refractivity contribution in [1.29, 1.82) is 0 Å². The van der Waals surface area contributed by atoms with E-state index in [1.165, 1.54) is 19.3 Å². The van der Waals surface area contributed by atoms with Crippen LogP contribution >= 0.6 is 0 Å². The molecule has 0 bridgehead atoms. The van der Waals surface area contributed by atoms with Gasteiger partial charge in [-0.05, 0) is 57.8 Å². The minimum atomic E-state index is -0.819. The Bertz CT molecular complexity index is 590. The molecule has 3 unspecified atom stereocenters. The smallest absolute Gasteiger partial charge is 0.307 e. The average Bonchev–Trinajstić information content (AvgIpc) is 3.48. The van der Waals surface area contributed by atoms with Crippen LogP contribution in [0.5, 0.6) is 0 Å². The van der Waals surface area contributed by atoms with Crippen LogP contribution in [0.3, 0.4) is 0 Å². The third-order valence-electron chi connectivity index (χ3n) is 6.67. The summed E-state index contributed by atoms with van der Waals surface area (Å²) in [5, 5.41) is 24.9. The average molecular weight is 454 g/mol. The van der Waals surface area contributed by atoms with Gasteiger partial charge >= 0.3 is 5.97 Å². The van der Waals surface area contributed by atoms with Crippen LogP contribution in [0.15, 0.2) is 0 Å². The number of hydrogen-bond acceptors (Lipinski definition) is 5. The van der Waals surface area contributed by atoms with Crippen LogP contribution in [-0.4, -0.2) is 45.9 Å². The quantitative estimate of drug-likeness (QED) is 0.382. The molecular formula is C26H47NO5. The van der Waals surface area contributed by atoms with Crippen molar-refractivity contribution in [3.05, 3.63) is 0 Å². The summed E-state index contributed by atoms with van der Waals surface area (Å²) in [4.78, 5) is 25.7. The van der Waals surface area contributed by atoms with Crippen LogP contribution in [0.25, 0.3) is 0 Å². The Balaban J connectivity index is 2.06. The van der Waals surface area contributed by atoms with E-state index < -0.39 is 29.8 Å². The number of carbonyl (C=O) groups is 2. The van der Waals surface area contributed by atoms with Gasteiger partial charge in [0.2, 0.25) is 5.91 Å². The Morgan fingerprint density at radius 2 is 1.53 bits per heavy atom. The maximum absolute atomic E-state index is 13.3. The molecule has 1 amide bonds. The molecule has 0 spiro atoms. The topological polar surface area (TPSA) is 95.9 Å². The predicted molar refractivity (Wildman–Crippen MR) is 126 cm³/mol. The summed E-state index contributed by atoms with van der Waals surface area (Å²) in [6, 6.07) is -0.716. The normalized spacial score (nSPS) is 21.6. The van der Waals surface area contributed by atoms with Crippen LogP contribution in [0.2, 0.25) is 0 Å². The van der Waals surface area contributed by atoms with E-state index in [1.807, 2.05) is 34.6 Å². The van der Waals surface area contributed by atoms with Gasteiger partial charge in [-0.25, -0.2) is 0 Å². The minimum Gasteiger partial charge on any atom is -0.460 e. The molecule has 6 nitrogen and oxygen atoms in total. The fourth-order valence-corrected chi connectivity index (χ4v) is 4.89. The van der Waals surface area contributed by atoms with Gasteiger partial charge in [0.25, 0.3) is 0 Å². The fraction of sp³-hybridized carbons (Fsp3) is 0.923. The molecule has 2 rings (SSSR count). The van der Waals surface area contributed by atoms with Gasteiger partial charge in [-0.1, -0.05) is 58.8 Å². The summed E-state index contributed by atoms with van der Waals surface area (Å²) in [7, 11) is 0. The Morgan fingerprint density at radius 3 is 2.06 bits per heavy atom. The van der Waals surface area contributed by atoms with E-state index in [0.717, 1.165) is 25.7 Å². The van der Waals surface area contributed by atoms with E-state index in [0.29, 0.717) is 31.1 Å². The lowest BCUT2D eigenvalue weighted by Crippen LogP contribution is -2.53. The van der Waals surface area contributed by atoms with Crippen molar-refractivity contribution in [3.63, 3.8) is 0 Å². The molecule has 2 fully saturated rings. The van der Waals surface area contributed by atoms with E-state index in [9.17, 15) is 19.8 Å². The number of nitrogens with one attached hydrogen (secondary N) is 1. The first kappa shape index (κ1) is 27.1. The number of hydrogen-bond donors (Lipinski definition) is 3. The molecule has 0 heterocycles. The highest BCUT2D eigenvalue weighted by molar-refractivity contribution is 5.84. The van der Waals surface area contributed by atoms with Crippen LogP contribution in [0.1, 0.15) is 105 Å². The second kappa shape index (κ2) is 12.4. The summed E-state index contributed by atoms with van der Waals surface area (Å²) in [5.74, 6) is 0.0368. The van der Waals surface area contributed by atoms with E-state index in [4.69, 9.17) is 4.74 Å². The third-order valence-corrected chi connectivity index (χ3v) is 6.67. The number of ether oxygens (including phenoxy) is 1. The first-order valence-corrected chi connectivity index (χ1v) is 12.8. The van der Waals surface area contributed by atoms with Crippen LogP contribution in [0.4, 0.5) is 0 Å². The van der Waals surface area contributed by atoms with Crippen molar-refractivity contribution in [3.8, 4) is 0 Å². The largest absolute Gasteiger partial charge is 0.460 e. The molecular weight excluding hydrogens is 406 g/mol. The van der Waals surface area contributed by atoms with Gasteiger partial charge in [0.05, 0.1) is 24.7 Å². The summed E-state index contributed by atoms with van der Waals surface area (Å²) in [6.45, 7) is 9.50. The maximum atomic E-state index is 13.3. The van der Waals surface area contributed by atoms with E-state index >= 15 is 0 Å². The summed E-state index contributed by atoms with van der Waals surface area (Å²) in [6.07, 6.45) is 8.15. The standard InChI is InChI=1S/C26H47NO5/c1-17(2)13-21(28)24(22(29)15-18-9-7-6-8-10-18)27-25(31)20(14-19-11-12-19)16-23(30)32-26(3,4)5/h17-22,24,28-29H,6-16H2,1-5H3,(H,27,31)/t20-,21?,22?,24?/m1/s1. The van der Waals surface area contributed by atoms with Crippen molar-refractivity contribution in [2.75, 3.05) is 0 Å². The number of aliphatic hydroxyl groups is 2. The maximum Gasteiger partial charge on any atom is 0.307 e. The fourth-order valence-electron chi connectivity index (χ4n) is 4.89. The molecule has 2 aliphatic carbocycles. The lowest BCUT2D eigenvalue weighted by Gasteiger charge is -2.33. The minimum absolute atomic E-state index is 0.0331. The van der Waals surface area contributed by atoms with E-state index in [2.05, 4.69) is 5.32 Å². The van der Waals surface area contributed by atoms with Crippen LogP contribution < -0.4 is 5.32 Å². The van der Waals surface area contributed by atoms with Gasteiger partial charge in [0.15, 0.2) is 0 Å². The number of carbonyl (C=O) groups excluding carboxylic acids is 2. The highest BCUT2D eigenvalue weighted by Crippen LogP contribution is 2.37. The number of amides is 1. The number of esters is 1. The van der Waals surface area contributed by atoms with Crippen molar-refractivity contribution >= 4 is 11.9 Å². The highest BCUT2D eigenvalue weighted by atomic mass is 16.6. The van der Waals surface area contributed by atoms with Crippen LogP contribution in [-0.2, 0) is 14.3 Å². The van der Waals surface area contributed by atoms with Gasteiger partial charge in [0, 0.05) is 5.92 Å². The highest BCUT2D eigenvalue weighted by Gasteiger charge is 2.36. The Hall–Kier alpha value is -1.14. The zero-order chi connectivity index (χ0) is 23.9. The van der Waals surface area contributed by atoms with Gasteiger partial charge in [0.1, 0.15) is 5.60 Å². The molecule has 0 aliphatic heterocycles. The molecule has 6 heteroatoms. The van der Waals surface area contributed by atoms with Gasteiger partial charge in [-0.15, -0.1) is 0 Å². The second-order valence-electron chi connectivity index (χ2n) is 11.7. The third kappa shape index (κ3) is 10.2. The Labute approximate surface area is 194 Å². The summed E-state index contributed by atoms with van der Waals surface area (Å²) >= 11 is 0. The molecule has 0 saturated heterocycles. The van der Waals surface area contributed by atoms with Gasteiger partial charge in [-0.2, -0.15) is 0 Å². The molecule has 3 N–H and O–H groups in total. The number of aliphatic hydroxyl groups excluding tert-OH is 2. The van der Waals surface area contributed by atoms with E-state index in [1.54, 1.807) is 0 Å². The monoisotopic (exact) mass is 453 g/mol. The SMILES string of the molecule is CC(C)CC(O)C(NC(=O)[C@@H](CC(=O)OC(C)(C)C)CC1CC1)C(O)CC1CCCCC1. The second-order valence-corrected chi connectivity index (χ2v) is 11.7. The van der Waals surface area contributed by atoms with Crippen molar-refractivity contribution < 1.29 is 24.5 Å². The molecule has 186 valence electrons. The van der Waals surface area contributed by atoms with Crippen molar-refractivity contribution in [2.24, 2.45) is 23.7 Å². The summed E-state index contributed by atoms with van der Waals surface area (Å²) in [5.41, 5.74) is -0.593. The summed E-state index contributed by atoms with van der Waals surface area (Å²) < 4.78 is 5.46. The lowest BCUT2D eigenvalue weighted by molar-refractivity contribution is -0.157. The molecule has 2 saturated carbocycles. The first-order valence-electron chi connectivity index (χ1n) is 12.8. The molecule has 0 radical (unpaired) electrons. The van der Waals surface area contributed by atoms with Crippen molar-refractivity contribution in [1.82, 2.24) is 5.32 Å². The Kier molecular flexibility index (Phi) is 10.5. The zero-order valence-corrected chi connectivity index (χ0v) is 20.9. The van der Waals surface area contributed by atoms with Gasteiger partial charge in [-0.3, -0.25) is 9.59 Å². The molecule has 2 aliphatic rings. The molecule has 0 aromatic rings. The van der Waals surface area contributed by atoms with Gasteiger partial charge < -0.3 is 20.3 Å². The first-order chi connectivity index (χ1) is 14.9. The molecule has 0 aromatic carbocycles. The van der Waals surface area contributed by atoms with Crippen LogP contribution in [0, 0.1) is 23.7 Å². The number of rotatable bonds is 12. The zero-order valence-electron chi connectivity index (χ0n) is 20.9.